The van der Waals surface area contributed by atoms with E-state index in [1.54, 1.807) is 6.92 Å². The molecule has 1 amide bonds. The number of carbonyl (C=O) groups is 1. The van der Waals surface area contributed by atoms with Crippen molar-refractivity contribution in [2.24, 2.45) is 17.3 Å². The molecule has 7 atom stereocenters. The van der Waals surface area contributed by atoms with Crippen molar-refractivity contribution < 1.29 is 18.6 Å². The van der Waals surface area contributed by atoms with Gasteiger partial charge < -0.3 is 23.9 Å². The molecule has 2 unspecified atom stereocenters. The van der Waals surface area contributed by atoms with Crippen LogP contribution in [-0.4, -0.2) is 48.5 Å². The summed E-state index contributed by atoms with van der Waals surface area (Å²) in [6.07, 6.45) is 4.79. The van der Waals surface area contributed by atoms with E-state index in [1.165, 1.54) is 6.42 Å². The summed E-state index contributed by atoms with van der Waals surface area (Å²) in [7, 11) is -1.07. The van der Waals surface area contributed by atoms with Crippen molar-refractivity contribution in [2.45, 2.75) is 50.9 Å². The van der Waals surface area contributed by atoms with Gasteiger partial charge in [0.1, 0.15) is 12.2 Å². The van der Waals surface area contributed by atoms with Crippen LogP contribution in [0.25, 0.3) is 4.85 Å². The number of nitrogens with zero attached hydrogens (tertiary/aromatic N) is 1. The molecule has 2 saturated carbocycles. The average Bonchev–Trinajstić information content (AvgIpc) is 2.98. The van der Waals surface area contributed by atoms with Crippen molar-refractivity contribution >= 4 is 31.5 Å². The lowest BCUT2D eigenvalue weighted by molar-refractivity contribution is -0.116. The lowest BCUT2D eigenvalue weighted by atomic mass is 9.85. The van der Waals surface area contributed by atoms with Crippen LogP contribution in [0.3, 0.4) is 0 Å². The number of amides is 1. The molecule has 0 radical (unpaired) electrons. The first-order valence-electron chi connectivity index (χ1n) is 9.37. The quantitative estimate of drug-likeness (QED) is 0.317. The van der Waals surface area contributed by atoms with E-state index in [0.29, 0.717) is 29.6 Å². The number of ether oxygens (including phenoxy) is 1. The fourth-order valence-corrected chi connectivity index (χ4v) is 6.54. The van der Waals surface area contributed by atoms with E-state index in [2.05, 4.69) is 17.1 Å². The summed E-state index contributed by atoms with van der Waals surface area (Å²) in [5.74, 6) is 0.418. The van der Waals surface area contributed by atoms with Gasteiger partial charge in [-0.15, -0.1) is 0 Å². The first kappa shape index (κ1) is 19.4. The Morgan fingerprint density at radius 2 is 2.26 bits per heavy atom. The minimum Gasteiger partial charge on any atom is -0.370 e. The number of fused-ring (bicyclic) bond motifs is 3. The van der Waals surface area contributed by atoms with Gasteiger partial charge in [-0.25, -0.2) is 6.57 Å². The summed E-state index contributed by atoms with van der Waals surface area (Å²) >= 11 is 5.44. The number of nitrogens with one attached hydrogen (secondary N) is 1. The molecule has 0 aromatic rings. The fourth-order valence-electron chi connectivity index (χ4n) is 5.08. The Bertz CT molecular complexity index is 752. The van der Waals surface area contributed by atoms with E-state index >= 15 is 0 Å². The number of rotatable bonds is 6. The predicted octanol–water partition coefficient (Wildman–Crippen LogP) is 3.23. The van der Waals surface area contributed by atoms with E-state index < -0.39 is 8.38 Å². The van der Waals surface area contributed by atoms with Gasteiger partial charge >= 0.3 is 0 Å². The molecule has 4 rings (SSSR count). The third kappa shape index (κ3) is 3.26. The minimum absolute atomic E-state index is 0.0311. The van der Waals surface area contributed by atoms with Crippen LogP contribution in [0.1, 0.15) is 33.1 Å². The molecule has 27 heavy (non-hydrogen) atoms. The number of hydrogen-bond donors (Lipinski definition) is 1. The van der Waals surface area contributed by atoms with Gasteiger partial charge in [0.05, 0.1) is 23.1 Å². The van der Waals surface area contributed by atoms with Crippen LogP contribution in [0, 0.1) is 23.8 Å². The fraction of sp³-hybridized carbons (Fsp3) is 0.737. The van der Waals surface area contributed by atoms with Gasteiger partial charge in [-0.05, 0) is 31.1 Å². The molecule has 2 aliphatic carbocycles. The largest absolute Gasteiger partial charge is 0.370 e. The van der Waals surface area contributed by atoms with E-state index in [4.69, 9.17) is 32.6 Å². The Hall–Kier alpha value is -0.900. The molecule has 0 aromatic heterocycles. The molecular weight excluding hydrogens is 383 g/mol. The third-order valence-corrected chi connectivity index (χ3v) is 8.04. The van der Waals surface area contributed by atoms with Crippen LogP contribution in [0.15, 0.2) is 11.6 Å². The standard InChI is InChI=1S/C19H25N2O4PS/c1-11-7-13(16(27)21-15(11)22)14-10-19(25-26(4)23-6-5-20-3)9-12-8-18(12,2)17(19)24-14/h7,12-14,17H,5-6,8-10H2,1-2,4H3,(H,21,22,27)/t12-,13?,14+,17+,18-,19-,26?/m0/s1. The lowest BCUT2D eigenvalue weighted by Gasteiger charge is -2.34. The second-order valence-electron chi connectivity index (χ2n) is 8.37. The zero-order valence-corrected chi connectivity index (χ0v) is 17.6. The molecule has 0 bridgehead atoms. The molecule has 0 aromatic carbocycles. The molecule has 146 valence electrons. The van der Waals surface area contributed by atoms with Crippen molar-refractivity contribution in [1.82, 2.24) is 5.32 Å². The maximum Gasteiger partial charge on any atom is 0.251 e. The molecule has 4 aliphatic rings. The second kappa shape index (κ2) is 6.86. The molecule has 8 heteroatoms. The second-order valence-corrected chi connectivity index (χ2v) is 10.1. The van der Waals surface area contributed by atoms with Gasteiger partial charge in [0.25, 0.3) is 5.91 Å². The number of thiocarbonyl (C=S) groups is 1. The van der Waals surface area contributed by atoms with Crippen LogP contribution in [0.4, 0.5) is 0 Å². The number of carbonyl (C=O) groups excluding carboxylic acids is 1. The molecule has 2 aliphatic heterocycles. The molecule has 1 saturated heterocycles. The topological polar surface area (TPSA) is 61.1 Å². The van der Waals surface area contributed by atoms with E-state index in [-0.39, 0.29) is 35.0 Å². The maximum atomic E-state index is 11.8. The highest BCUT2D eigenvalue weighted by atomic mass is 32.1. The van der Waals surface area contributed by atoms with Crippen molar-refractivity contribution in [3.8, 4) is 0 Å². The van der Waals surface area contributed by atoms with E-state index in [9.17, 15) is 4.79 Å². The molecule has 6 nitrogen and oxygen atoms in total. The summed E-state index contributed by atoms with van der Waals surface area (Å²) in [5.41, 5.74) is 0.499. The van der Waals surface area contributed by atoms with Crippen molar-refractivity contribution in [1.29, 1.82) is 0 Å². The summed E-state index contributed by atoms with van der Waals surface area (Å²) in [5, 5.41) is 2.80. The van der Waals surface area contributed by atoms with E-state index in [0.717, 1.165) is 12.8 Å². The molecule has 0 spiro atoms. The smallest absolute Gasteiger partial charge is 0.251 e. The van der Waals surface area contributed by atoms with Gasteiger partial charge in [0.2, 0.25) is 6.54 Å². The SMILES string of the molecule is [C-]#[N+]CCOP(C)O[C@]12C[C@@H]3C[C@]3(C)[C@H]1O[C@@H](C1C=C(C)C(=O)NC1=S)C2. The Balaban J connectivity index is 1.52. The van der Waals surface area contributed by atoms with Crippen LogP contribution in [0.5, 0.6) is 0 Å². The highest BCUT2D eigenvalue weighted by molar-refractivity contribution is 7.80. The van der Waals surface area contributed by atoms with E-state index in [1.807, 2.05) is 12.7 Å². The Morgan fingerprint density at radius 1 is 1.48 bits per heavy atom. The highest BCUT2D eigenvalue weighted by Gasteiger charge is 2.74. The molecular formula is C19H25N2O4PS. The third-order valence-electron chi connectivity index (χ3n) is 6.50. The summed E-state index contributed by atoms with van der Waals surface area (Å²) in [4.78, 5) is 15.7. The van der Waals surface area contributed by atoms with Gasteiger partial charge in [-0.3, -0.25) is 4.79 Å². The van der Waals surface area contributed by atoms with Crippen LogP contribution in [0.2, 0.25) is 0 Å². The minimum atomic E-state index is -1.07. The van der Waals surface area contributed by atoms with Gasteiger partial charge in [0, 0.05) is 18.7 Å². The first-order valence-corrected chi connectivity index (χ1v) is 11.4. The normalized spacial score (nSPS) is 43.4. The molecule has 1 N–H and O–H groups in total. The van der Waals surface area contributed by atoms with Crippen LogP contribution >= 0.6 is 20.6 Å². The van der Waals surface area contributed by atoms with Crippen molar-refractivity contribution in [3.63, 3.8) is 0 Å². The van der Waals surface area contributed by atoms with Gasteiger partial charge in [-0.2, -0.15) is 0 Å². The van der Waals surface area contributed by atoms with Gasteiger partial charge in [-0.1, -0.05) is 25.2 Å². The summed E-state index contributed by atoms with van der Waals surface area (Å²) < 4.78 is 18.8. The van der Waals surface area contributed by atoms with Crippen LogP contribution < -0.4 is 5.32 Å². The monoisotopic (exact) mass is 408 g/mol. The van der Waals surface area contributed by atoms with Crippen LogP contribution in [-0.2, 0) is 18.6 Å². The molecule has 3 fully saturated rings. The maximum absolute atomic E-state index is 11.8. The average molecular weight is 408 g/mol. The first-order chi connectivity index (χ1) is 12.8. The molecule has 2 heterocycles. The lowest BCUT2D eigenvalue weighted by Crippen LogP contribution is -2.43. The Kier molecular flexibility index (Phi) is 4.93. The van der Waals surface area contributed by atoms with Crippen molar-refractivity contribution in [2.75, 3.05) is 19.8 Å². The zero-order valence-electron chi connectivity index (χ0n) is 15.9. The number of hydrogen-bond acceptors (Lipinski definition) is 5. The highest BCUT2D eigenvalue weighted by Crippen LogP contribution is 2.72. The van der Waals surface area contributed by atoms with Gasteiger partial charge in [0.15, 0.2) is 8.38 Å². The Morgan fingerprint density at radius 3 is 3.00 bits per heavy atom. The van der Waals surface area contributed by atoms with Crippen molar-refractivity contribution in [3.05, 3.63) is 23.1 Å². The summed E-state index contributed by atoms with van der Waals surface area (Å²) in [6.45, 7) is 13.7. The predicted molar refractivity (Wildman–Crippen MR) is 106 cm³/mol. The summed E-state index contributed by atoms with van der Waals surface area (Å²) in [6, 6.07) is 0. The Labute approximate surface area is 166 Å². The zero-order chi connectivity index (χ0) is 19.4.